The summed E-state index contributed by atoms with van der Waals surface area (Å²) in [5, 5.41) is 9.10. The number of hydrogen-bond donors (Lipinski definition) is 0. The van der Waals surface area contributed by atoms with Gasteiger partial charge in [-0.2, -0.15) is 5.26 Å². The smallest absolute Gasteiger partial charge is 0.182 e. The molecule has 19 heavy (non-hydrogen) atoms. The second kappa shape index (κ2) is 4.25. The summed E-state index contributed by atoms with van der Waals surface area (Å²) in [6.07, 6.45) is 1.41. The van der Waals surface area contributed by atoms with E-state index in [1.807, 2.05) is 12.1 Å². The summed E-state index contributed by atoms with van der Waals surface area (Å²) in [5.41, 5.74) is 6.45. The largest absolute Gasteiger partial charge is 0.443 e. The van der Waals surface area contributed by atoms with Crippen molar-refractivity contribution in [2.75, 3.05) is 0 Å². The van der Waals surface area contributed by atoms with Crippen LogP contribution in [0.5, 0.6) is 0 Å². The number of hydrogen-bond acceptors (Lipinski definition) is 3. The molecule has 0 saturated heterocycles. The van der Waals surface area contributed by atoms with Crippen LogP contribution in [0.2, 0.25) is 0 Å². The highest BCUT2D eigenvalue weighted by molar-refractivity contribution is 5.91. The van der Waals surface area contributed by atoms with Crippen LogP contribution in [-0.2, 0) is 0 Å². The van der Waals surface area contributed by atoms with Crippen LogP contribution in [-0.4, -0.2) is 4.98 Å². The minimum atomic E-state index is 0.592. The molecule has 0 spiro atoms. The Morgan fingerprint density at radius 2 is 1.95 bits per heavy atom. The number of oxazole rings is 1. The van der Waals surface area contributed by atoms with Gasteiger partial charge in [0.1, 0.15) is 5.52 Å². The number of rotatable bonds is 1. The lowest BCUT2D eigenvalue weighted by atomic mass is 9.98. The molecule has 0 N–H and O–H groups in total. The van der Waals surface area contributed by atoms with Crippen molar-refractivity contribution in [2.24, 2.45) is 0 Å². The number of nitrogens with zero attached hydrogens (tertiary/aromatic N) is 2. The molecule has 0 saturated carbocycles. The summed E-state index contributed by atoms with van der Waals surface area (Å²) >= 11 is 0. The molecule has 1 aromatic heterocycles. The summed E-state index contributed by atoms with van der Waals surface area (Å²) in [4.78, 5) is 4.14. The normalized spacial score (nSPS) is 10.6. The molecule has 0 amide bonds. The van der Waals surface area contributed by atoms with E-state index in [1.54, 1.807) is 6.07 Å². The lowest BCUT2D eigenvalue weighted by Gasteiger charge is -2.06. The fraction of sp³-hybridized carbons (Fsp3) is 0.125. The van der Waals surface area contributed by atoms with E-state index in [0.29, 0.717) is 11.1 Å². The maximum Gasteiger partial charge on any atom is 0.182 e. The third kappa shape index (κ3) is 1.88. The molecule has 0 unspecified atom stereocenters. The summed E-state index contributed by atoms with van der Waals surface area (Å²) in [6.45, 7) is 4.15. The van der Waals surface area contributed by atoms with Crippen molar-refractivity contribution < 1.29 is 4.42 Å². The lowest BCUT2D eigenvalue weighted by Crippen LogP contribution is -1.86. The molecule has 0 atom stereocenters. The molecule has 0 aliphatic carbocycles. The zero-order valence-corrected chi connectivity index (χ0v) is 10.8. The Hall–Kier alpha value is -2.60. The third-order valence-corrected chi connectivity index (χ3v) is 3.38. The minimum absolute atomic E-state index is 0.592. The average molecular weight is 248 g/mol. The Morgan fingerprint density at radius 3 is 2.68 bits per heavy atom. The maximum absolute atomic E-state index is 9.10. The van der Waals surface area contributed by atoms with Crippen LogP contribution in [0.4, 0.5) is 0 Å². The minimum Gasteiger partial charge on any atom is -0.443 e. The third-order valence-electron chi connectivity index (χ3n) is 3.38. The van der Waals surface area contributed by atoms with Gasteiger partial charge in [0, 0.05) is 5.56 Å². The topological polar surface area (TPSA) is 49.8 Å². The van der Waals surface area contributed by atoms with Crippen molar-refractivity contribution in [3.63, 3.8) is 0 Å². The van der Waals surface area contributed by atoms with Crippen LogP contribution in [0.15, 0.2) is 41.1 Å². The molecule has 0 aliphatic heterocycles. The molecule has 3 heteroatoms. The van der Waals surface area contributed by atoms with Gasteiger partial charge in [-0.1, -0.05) is 18.2 Å². The van der Waals surface area contributed by atoms with Crippen molar-refractivity contribution in [1.82, 2.24) is 4.98 Å². The van der Waals surface area contributed by atoms with Crippen LogP contribution < -0.4 is 0 Å². The number of fused-ring (bicyclic) bond motifs is 1. The SMILES string of the molecule is Cc1ccc(-c2cc(C#N)cc3ncoc23)cc1C. The Morgan fingerprint density at radius 1 is 1.11 bits per heavy atom. The summed E-state index contributed by atoms with van der Waals surface area (Å²) in [7, 11) is 0. The molecule has 0 bridgehead atoms. The van der Waals surface area contributed by atoms with Crippen molar-refractivity contribution in [3.8, 4) is 17.2 Å². The fourth-order valence-corrected chi connectivity index (χ4v) is 2.16. The van der Waals surface area contributed by atoms with Crippen molar-refractivity contribution >= 4 is 11.1 Å². The maximum atomic E-state index is 9.10. The highest BCUT2D eigenvalue weighted by Gasteiger charge is 2.11. The Bertz CT molecular complexity index is 809. The van der Waals surface area contributed by atoms with Crippen LogP contribution in [0.3, 0.4) is 0 Å². The van der Waals surface area contributed by atoms with Gasteiger partial charge in [0.2, 0.25) is 0 Å². The standard InChI is InChI=1S/C16H12N2O/c1-10-3-4-13(5-11(10)2)14-6-12(8-17)7-15-16(14)19-9-18-15/h3-7,9H,1-2H3. The molecule has 2 aromatic carbocycles. The first-order chi connectivity index (χ1) is 9.19. The zero-order chi connectivity index (χ0) is 13.4. The molecule has 3 aromatic rings. The monoisotopic (exact) mass is 248 g/mol. The Kier molecular flexibility index (Phi) is 2.57. The highest BCUT2D eigenvalue weighted by atomic mass is 16.3. The van der Waals surface area contributed by atoms with E-state index < -0.39 is 0 Å². The Labute approximate surface area is 111 Å². The van der Waals surface area contributed by atoms with Crippen LogP contribution in [0.1, 0.15) is 16.7 Å². The number of aryl methyl sites for hydroxylation is 2. The summed E-state index contributed by atoms with van der Waals surface area (Å²) in [5.74, 6) is 0. The second-order valence-electron chi connectivity index (χ2n) is 4.64. The average Bonchev–Trinajstić information content (AvgIpc) is 2.89. The van der Waals surface area contributed by atoms with Gasteiger partial charge in [-0.05, 0) is 42.7 Å². The van der Waals surface area contributed by atoms with Gasteiger partial charge in [0.15, 0.2) is 12.0 Å². The van der Waals surface area contributed by atoms with Crippen LogP contribution >= 0.6 is 0 Å². The van der Waals surface area contributed by atoms with Gasteiger partial charge in [0.05, 0.1) is 11.6 Å². The predicted octanol–water partition coefficient (Wildman–Crippen LogP) is 3.98. The lowest BCUT2D eigenvalue weighted by molar-refractivity contribution is 0.603. The van der Waals surface area contributed by atoms with E-state index in [9.17, 15) is 0 Å². The number of benzene rings is 2. The van der Waals surface area contributed by atoms with E-state index in [4.69, 9.17) is 9.68 Å². The van der Waals surface area contributed by atoms with Gasteiger partial charge < -0.3 is 4.42 Å². The Balaban J connectivity index is 2.31. The van der Waals surface area contributed by atoms with Crippen LogP contribution in [0.25, 0.3) is 22.2 Å². The quantitative estimate of drug-likeness (QED) is 0.654. The fourth-order valence-electron chi connectivity index (χ4n) is 2.16. The molecular formula is C16H12N2O. The number of nitriles is 1. The molecule has 3 rings (SSSR count). The molecule has 0 fully saturated rings. The van der Waals surface area contributed by atoms with E-state index in [1.165, 1.54) is 17.5 Å². The first kappa shape index (κ1) is 11.5. The molecule has 0 radical (unpaired) electrons. The van der Waals surface area contributed by atoms with Crippen LogP contribution in [0, 0.1) is 25.2 Å². The van der Waals surface area contributed by atoms with E-state index in [2.05, 4.69) is 37.0 Å². The molecule has 3 nitrogen and oxygen atoms in total. The molecular weight excluding hydrogens is 236 g/mol. The predicted molar refractivity (Wildman–Crippen MR) is 73.6 cm³/mol. The zero-order valence-electron chi connectivity index (χ0n) is 10.8. The number of aromatic nitrogens is 1. The van der Waals surface area contributed by atoms with Gasteiger partial charge in [-0.25, -0.2) is 4.98 Å². The van der Waals surface area contributed by atoms with E-state index in [-0.39, 0.29) is 0 Å². The van der Waals surface area contributed by atoms with E-state index in [0.717, 1.165) is 16.7 Å². The van der Waals surface area contributed by atoms with Gasteiger partial charge in [0.25, 0.3) is 0 Å². The second-order valence-corrected chi connectivity index (χ2v) is 4.64. The van der Waals surface area contributed by atoms with Crippen molar-refractivity contribution in [1.29, 1.82) is 5.26 Å². The van der Waals surface area contributed by atoms with Gasteiger partial charge in [-0.3, -0.25) is 0 Å². The molecule has 1 heterocycles. The van der Waals surface area contributed by atoms with Crippen molar-refractivity contribution in [2.45, 2.75) is 13.8 Å². The summed E-state index contributed by atoms with van der Waals surface area (Å²) in [6, 6.07) is 12.0. The first-order valence-electron chi connectivity index (χ1n) is 6.04. The van der Waals surface area contributed by atoms with Gasteiger partial charge in [-0.15, -0.1) is 0 Å². The summed E-state index contributed by atoms with van der Waals surface area (Å²) < 4.78 is 5.45. The first-order valence-corrected chi connectivity index (χ1v) is 6.04. The highest BCUT2D eigenvalue weighted by Crippen LogP contribution is 2.30. The van der Waals surface area contributed by atoms with E-state index >= 15 is 0 Å². The van der Waals surface area contributed by atoms with Crippen molar-refractivity contribution in [3.05, 3.63) is 53.4 Å². The molecule has 92 valence electrons. The van der Waals surface area contributed by atoms with Gasteiger partial charge >= 0.3 is 0 Å². The molecule has 0 aliphatic rings.